The van der Waals surface area contributed by atoms with Gasteiger partial charge in [0.15, 0.2) is 0 Å². The first-order chi connectivity index (χ1) is 27.2. The number of thioether (sulfide) groups is 2. The molecule has 16 heteroatoms. The number of phosphoric ester groups is 1. The third-order valence-electron chi connectivity index (χ3n) is 11.2. The van der Waals surface area contributed by atoms with Crippen LogP contribution in [0.1, 0.15) is 124 Å². The third kappa shape index (κ3) is 16.2. The van der Waals surface area contributed by atoms with Crippen LogP contribution in [-0.2, 0) is 41.2 Å². The van der Waals surface area contributed by atoms with E-state index in [1.54, 1.807) is 23.5 Å². The maximum absolute atomic E-state index is 13.6. The Morgan fingerprint density at radius 1 is 0.650 bits per heavy atom. The average molecular weight is 946 g/mol. The van der Waals surface area contributed by atoms with E-state index in [1.807, 2.05) is 91.8 Å². The van der Waals surface area contributed by atoms with Crippen LogP contribution in [0.4, 0.5) is 0 Å². The molecule has 1 N–H and O–H groups in total. The minimum absolute atomic E-state index is 0. The Balaban J connectivity index is 0.000000342. The first-order valence-corrected chi connectivity index (χ1v) is 26.7. The van der Waals surface area contributed by atoms with E-state index in [2.05, 4.69) is 65.8 Å². The number of halogens is 1. The van der Waals surface area contributed by atoms with Gasteiger partial charge < -0.3 is 16.0 Å². The molecular weight excluding hydrogens is 873 g/mol. The minimum atomic E-state index is -3.75. The standard InChI is InChI=1S/C22H35O5PS.C15H22O2S.C7H14ClO3P.Na.H/c1-8-18-15(2)16(3)19(20(24-18)29-17-12-10-9-11-13-17)25-28(23)26-21(4,5)14-22(6,7)27-28;1-4-13-10(2)11(3)14(16)15(17-13)18-12-8-6-5-7-9-12;1-6(2)5-7(3,4)11-12(8,9)10-6;;/h9-13,15-16,18-20H,8,14H2,1-7H3;5-11,13-16H,4H2,1-3H3;5H2,1-4H3;;/q;;;+1;-1. The molecule has 2 aromatic rings. The minimum Gasteiger partial charge on any atom is -1.00 e. The van der Waals surface area contributed by atoms with Gasteiger partial charge in [0, 0.05) is 33.9 Å². The summed E-state index contributed by atoms with van der Waals surface area (Å²) < 4.78 is 65.6. The van der Waals surface area contributed by atoms with E-state index in [0.29, 0.717) is 18.8 Å². The summed E-state index contributed by atoms with van der Waals surface area (Å²) in [7, 11) is -3.75. The van der Waals surface area contributed by atoms with Crippen LogP contribution in [0.3, 0.4) is 0 Å². The summed E-state index contributed by atoms with van der Waals surface area (Å²) in [6.07, 6.45) is 2.83. The van der Waals surface area contributed by atoms with E-state index in [4.69, 9.17) is 43.3 Å². The van der Waals surface area contributed by atoms with Crippen LogP contribution in [-0.4, -0.2) is 62.8 Å². The Labute approximate surface area is 398 Å². The first kappa shape index (κ1) is 54.9. The van der Waals surface area contributed by atoms with E-state index in [1.165, 1.54) is 0 Å². The summed E-state index contributed by atoms with van der Waals surface area (Å²) in [4.78, 5) is 2.24. The van der Waals surface area contributed by atoms with E-state index >= 15 is 0 Å². The Kier molecular flexibility index (Phi) is 20.5. The van der Waals surface area contributed by atoms with Gasteiger partial charge >= 0.3 is 44.3 Å². The molecule has 0 bridgehead atoms. The number of phosphoric acid groups is 1. The number of rotatable bonds is 8. The molecule has 4 aliphatic rings. The van der Waals surface area contributed by atoms with Crippen LogP contribution in [0, 0.1) is 23.7 Å². The van der Waals surface area contributed by atoms with Crippen molar-refractivity contribution < 1.29 is 77.3 Å². The SMILES string of the molecule is CC1(C)CC(C)(C)OP(=O)(Cl)O1.CCC1OC(Sc2ccccc2)C(O)C(C)C1C.CCC1OC(Sc2ccccc2)C(OP2(=O)OC(C)(C)CC(C)(C)O2)C(C)C1C.[H-].[Na+]. The van der Waals surface area contributed by atoms with Gasteiger partial charge in [-0.15, -0.1) is 0 Å². The number of hydrogen-bond acceptors (Lipinski definition) is 12. The normalized spacial score (nSPS) is 34.6. The van der Waals surface area contributed by atoms with Crippen molar-refractivity contribution in [3.05, 3.63) is 60.7 Å². The van der Waals surface area contributed by atoms with Crippen molar-refractivity contribution >= 4 is 49.5 Å². The second-order valence-electron chi connectivity index (χ2n) is 18.9. The molecular formula is C44H72ClNaO10P2S2. The van der Waals surface area contributed by atoms with E-state index in [0.717, 1.165) is 22.6 Å². The molecule has 10 nitrogen and oxygen atoms in total. The number of hydrogen-bond donors (Lipinski definition) is 1. The molecule has 2 aromatic carbocycles. The maximum atomic E-state index is 13.6. The van der Waals surface area contributed by atoms with Gasteiger partial charge in [-0.05, 0) is 116 Å². The van der Waals surface area contributed by atoms with Crippen molar-refractivity contribution in [3.8, 4) is 0 Å². The summed E-state index contributed by atoms with van der Waals surface area (Å²) in [5.74, 6) is 1.11. The molecule has 0 saturated carbocycles. The quantitative estimate of drug-likeness (QED) is 0.200. The van der Waals surface area contributed by atoms with Crippen molar-refractivity contribution in [2.45, 2.75) is 190 Å². The van der Waals surface area contributed by atoms with E-state index < -0.39 is 49.4 Å². The molecule has 0 radical (unpaired) electrons. The van der Waals surface area contributed by atoms with Gasteiger partial charge in [-0.1, -0.05) is 101 Å². The van der Waals surface area contributed by atoms with Gasteiger partial charge in [0.2, 0.25) is 0 Å². The summed E-state index contributed by atoms with van der Waals surface area (Å²) in [5, 5.41) is 10.3. The summed E-state index contributed by atoms with van der Waals surface area (Å²) in [6, 6.07) is 20.3. The Bertz CT molecular complexity index is 1690. The van der Waals surface area contributed by atoms with Crippen LogP contribution in [0.2, 0.25) is 0 Å². The molecule has 10 atom stereocenters. The molecule has 0 spiro atoms. The Morgan fingerprint density at radius 3 is 1.42 bits per heavy atom. The molecule has 4 aliphatic heterocycles. The predicted octanol–water partition coefficient (Wildman–Crippen LogP) is 10.7. The van der Waals surface area contributed by atoms with Crippen molar-refractivity contribution in [2.75, 3.05) is 0 Å². The zero-order valence-corrected chi connectivity index (χ0v) is 44.8. The molecule has 4 saturated heterocycles. The van der Waals surface area contributed by atoms with Crippen LogP contribution in [0.15, 0.2) is 70.5 Å². The van der Waals surface area contributed by atoms with Crippen LogP contribution in [0.25, 0.3) is 0 Å². The molecule has 338 valence electrons. The molecule has 6 rings (SSSR count). The van der Waals surface area contributed by atoms with E-state index in [9.17, 15) is 14.2 Å². The third-order valence-corrected chi connectivity index (χ3v) is 17.3. The number of benzene rings is 2. The number of aliphatic hydroxyl groups is 1. The molecule has 4 heterocycles. The summed E-state index contributed by atoms with van der Waals surface area (Å²) in [5.41, 5.74) is -2.56. The average Bonchev–Trinajstić information content (AvgIpc) is 3.09. The van der Waals surface area contributed by atoms with Crippen LogP contribution >= 0.6 is 49.5 Å². The van der Waals surface area contributed by atoms with Gasteiger partial charge in [0.05, 0.1) is 40.7 Å². The maximum Gasteiger partial charge on any atom is 1.00 e. The second kappa shape index (κ2) is 22.4. The zero-order chi connectivity index (χ0) is 44.2. The van der Waals surface area contributed by atoms with Gasteiger partial charge in [-0.25, -0.2) is 9.13 Å². The van der Waals surface area contributed by atoms with Gasteiger partial charge in [0.25, 0.3) is 0 Å². The van der Waals surface area contributed by atoms with Crippen LogP contribution < -0.4 is 29.6 Å². The van der Waals surface area contributed by atoms with Crippen molar-refractivity contribution in [2.24, 2.45) is 23.7 Å². The zero-order valence-electron chi connectivity index (χ0n) is 39.6. The van der Waals surface area contributed by atoms with Gasteiger partial charge in [-0.3, -0.25) is 22.6 Å². The first-order valence-electron chi connectivity index (χ1n) is 21.0. The topological polar surface area (TPSA) is 119 Å². The predicted molar refractivity (Wildman–Crippen MR) is 242 cm³/mol. The fraction of sp³-hybridized carbons (Fsp3) is 0.727. The van der Waals surface area contributed by atoms with Crippen LogP contribution in [0.5, 0.6) is 0 Å². The smallest absolute Gasteiger partial charge is 1.00 e. The molecule has 60 heavy (non-hydrogen) atoms. The van der Waals surface area contributed by atoms with Gasteiger partial charge in [-0.2, -0.15) is 0 Å². The summed E-state index contributed by atoms with van der Waals surface area (Å²) >= 11 is 8.78. The van der Waals surface area contributed by atoms with Crippen molar-refractivity contribution in [1.29, 1.82) is 0 Å². The van der Waals surface area contributed by atoms with E-state index in [-0.39, 0.29) is 71.8 Å². The molecule has 4 fully saturated rings. The molecule has 0 aromatic heterocycles. The second-order valence-corrected chi connectivity index (χ2v) is 25.2. The number of aliphatic hydroxyl groups excluding tert-OH is 1. The largest absolute Gasteiger partial charge is 1.00 e. The molecule has 0 aliphatic carbocycles. The summed E-state index contributed by atoms with van der Waals surface area (Å²) in [6.45, 7) is 24.7. The fourth-order valence-electron chi connectivity index (χ4n) is 8.68. The Morgan fingerprint density at radius 2 is 1.02 bits per heavy atom. The number of ether oxygens (including phenoxy) is 2. The van der Waals surface area contributed by atoms with Crippen molar-refractivity contribution in [1.82, 2.24) is 0 Å². The van der Waals surface area contributed by atoms with Crippen molar-refractivity contribution in [3.63, 3.8) is 0 Å². The molecule has 0 amide bonds. The monoisotopic (exact) mass is 944 g/mol. The Hall–Kier alpha value is 0.570. The fourth-order valence-corrected chi connectivity index (χ4v) is 15.7. The van der Waals surface area contributed by atoms with Gasteiger partial charge in [0.1, 0.15) is 17.0 Å². The molecule has 10 unspecified atom stereocenters.